The van der Waals surface area contributed by atoms with Gasteiger partial charge in [-0.15, -0.1) is 0 Å². The molecule has 0 fully saturated rings. The topological polar surface area (TPSA) is 84.9 Å². The maximum Gasteiger partial charge on any atom is 0.387 e. The summed E-state index contributed by atoms with van der Waals surface area (Å²) in [4.78, 5) is 12.7. The van der Waals surface area contributed by atoms with Crippen molar-refractivity contribution in [3.8, 4) is 11.5 Å². The van der Waals surface area contributed by atoms with Crippen LogP contribution in [0.5, 0.6) is 11.5 Å². The van der Waals surface area contributed by atoms with Crippen molar-refractivity contribution in [2.75, 3.05) is 18.5 Å². The van der Waals surface area contributed by atoms with Crippen LogP contribution >= 0.6 is 0 Å². The van der Waals surface area contributed by atoms with Gasteiger partial charge in [0, 0.05) is 12.6 Å². The summed E-state index contributed by atoms with van der Waals surface area (Å²) in [7, 11) is -1.01. The van der Waals surface area contributed by atoms with Crippen molar-refractivity contribution >= 4 is 21.6 Å². The molecule has 1 unspecified atom stereocenters. The molecule has 1 amide bonds. The van der Waals surface area contributed by atoms with E-state index in [0.717, 1.165) is 4.31 Å². The highest BCUT2D eigenvalue weighted by atomic mass is 32.2. The van der Waals surface area contributed by atoms with Crippen LogP contribution < -0.4 is 19.1 Å². The van der Waals surface area contributed by atoms with Crippen LogP contribution in [0.25, 0.3) is 0 Å². The molecule has 1 atom stereocenters. The van der Waals surface area contributed by atoms with E-state index in [4.69, 9.17) is 4.74 Å². The lowest BCUT2D eigenvalue weighted by atomic mass is 10.1. The van der Waals surface area contributed by atoms with E-state index in [2.05, 4.69) is 10.1 Å². The van der Waals surface area contributed by atoms with Gasteiger partial charge in [-0.3, -0.25) is 9.10 Å². The molecule has 0 aliphatic rings. The summed E-state index contributed by atoms with van der Waals surface area (Å²) in [5.41, 5.74) is 1.11. The number of carbonyl (C=O) groups excluding carboxylic acids is 1. The number of benzene rings is 3. The molecule has 0 aliphatic carbocycles. The highest BCUT2D eigenvalue weighted by Crippen LogP contribution is 2.25. The molecule has 0 heterocycles. The minimum atomic E-state index is -3.94. The third-order valence-electron chi connectivity index (χ3n) is 5.12. The quantitative estimate of drug-likeness (QED) is 0.474. The lowest BCUT2D eigenvalue weighted by Gasteiger charge is -2.20. The van der Waals surface area contributed by atoms with Crippen molar-refractivity contribution in [2.24, 2.45) is 0 Å². The van der Waals surface area contributed by atoms with Crippen LogP contribution in [0.15, 0.2) is 77.7 Å². The smallest absolute Gasteiger partial charge is 0.387 e. The Morgan fingerprint density at radius 3 is 2.29 bits per heavy atom. The van der Waals surface area contributed by atoms with E-state index in [9.17, 15) is 22.0 Å². The van der Waals surface area contributed by atoms with E-state index < -0.39 is 28.6 Å². The molecule has 180 valence electrons. The summed E-state index contributed by atoms with van der Waals surface area (Å²) in [6.45, 7) is -1.28. The number of hydrogen-bond acceptors (Lipinski definition) is 5. The number of ether oxygens (including phenoxy) is 2. The molecular weight excluding hydrogens is 466 g/mol. The molecule has 34 heavy (non-hydrogen) atoms. The molecule has 0 spiro atoms. The number of nitrogens with one attached hydrogen (secondary N) is 1. The molecule has 0 aliphatic heterocycles. The van der Waals surface area contributed by atoms with E-state index >= 15 is 0 Å². The monoisotopic (exact) mass is 490 g/mol. The van der Waals surface area contributed by atoms with Crippen molar-refractivity contribution in [1.29, 1.82) is 0 Å². The second-order valence-electron chi connectivity index (χ2n) is 7.34. The van der Waals surface area contributed by atoms with Crippen LogP contribution in [0, 0.1) is 0 Å². The summed E-state index contributed by atoms with van der Waals surface area (Å²) in [5, 5.41) is 2.74. The number of amides is 1. The van der Waals surface area contributed by atoms with Crippen molar-refractivity contribution < 1.29 is 31.5 Å². The van der Waals surface area contributed by atoms with Crippen LogP contribution in [-0.4, -0.2) is 35.1 Å². The molecule has 1 N–H and O–H groups in total. The van der Waals surface area contributed by atoms with Gasteiger partial charge >= 0.3 is 6.61 Å². The summed E-state index contributed by atoms with van der Waals surface area (Å²) >= 11 is 0. The molecule has 0 saturated heterocycles. The molecular formula is C24H24F2N2O5S. The Bertz CT molecular complexity index is 1250. The molecule has 0 radical (unpaired) electrons. The van der Waals surface area contributed by atoms with E-state index in [-0.39, 0.29) is 16.2 Å². The number of nitrogens with zero attached hydrogens (tertiary/aromatic N) is 1. The summed E-state index contributed by atoms with van der Waals surface area (Å²) in [5.74, 6) is 0.0498. The fraction of sp³-hybridized carbons (Fsp3) is 0.208. The third-order valence-corrected chi connectivity index (χ3v) is 6.90. The van der Waals surface area contributed by atoms with E-state index in [1.54, 1.807) is 37.3 Å². The third kappa shape index (κ3) is 5.82. The van der Waals surface area contributed by atoms with Crippen LogP contribution in [-0.2, 0) is 10.0 Å². The highest BCUT2D eigenvalue weighted by Gasteiger charge is 2.23. The van der Waals surface area contributed by atoms with Crippen LogP contribution in [0.2, 0.25) is 0 Å². The molecule has 7 nitrogen and oxygen atoms in total. The zero-order valence-corrected chi connectivity index (χ0v) is 19.6. The molecule has 0 aromatic heterocycles. The molecule has 3 aromatic carbocycles. The normalized spacial score (nSPS) is 12.2. The van der Waals surface area contributed by atoms with Crippen molar-refractivity contribution in [1.82, 2.24) is 5.32 Å². The second kappa shape index (κ2) is 10.5. The molecule has 0 saturated carbocycles. The van der Waals surface area contributed by atoms with Crippen molar-refractivity contribution in [2.45, 2.75) is 24.5 Å². The number of sulfonamides is 1. The van der Waals surface area contributed by atoms with Gasteiger partial charge < -0.3 is 14.8 Å². The van der Waals surface area contributed by atoms with E-state index in [0.29, 0.717) is 17.0 Å². The van der Waals surface area contributed by atoms with Crippen LogP contribution in [0.3, 0.4) is 0 Å². The number of halogens is 2. The lowest BCUT2D eigenvalue weighted by molar-refractivity contribution is -0.0499. The number of alkyl halides is 2. The molecule has 3 aromatic rings. The van der Waals surface area contributed by atoms with Gasteiger partial charge in [0.1, 0.15) is 11.5 Å². The van der Waals surface area contributed by atoms with Crippen molar-refractivity contribution in [3.05, 3.63) is 83.9 Å². The minimum absolute atomic E-state index is 0.0248. The van der Waals surface area contributed by atoms with Crippen LogP contribution in [0.1, 0.15) is 28.9 Å². The van der Waals surface area contributed by atoms with Gasteiger partial charge in [-0.25, -0.2) is 8.42 Å². The Morgan fingerprint density at radius 2 is 1.65 bits per heavy atom. The van der Waals surface area contributed by atoms with Gasteiger partial charge in [-0.2, -0.15) is 8.78 Å². The fourth-order valence-electron chi connectivity index (χ4n) is 3.21. The fourth-order valence-corrected chi connectivity index (χ4v) is 4.45. The lowest BCUT2D eigenvalue weighted by Crippen LogP contribution is -2.28. The summed E-state index contributed by atoms with van der Waals surface area (Å²) in [6.07, 6.45) is 0. The van der Waals surface area contributed by atoms with E-state index in [1.807, 2.05) is 0 Å². The standard InChI is InChI=1S/C24H24F2N2O5S/c1-16(17-6-4-8-21(14-17)33-24(25)26)27-23(29)18-7-5-9-22(15-18)34(30,31)28(2)19-10-12-20(32-3)13-11-19/h4-16,24H,1-3H3,(H,27,29). The zero-order valence-electron chi connectivity index (χ0n) is 18.7. The minimum Gasteiger partial charge on any atom is -0.497 e. The number of rotatable bonds is 9. The van der Waals surface area contributed by atoms with Gasteiger partial charge in [0.15, 0.2) is 0 Å². The zero-order chi connectivity index (χ0) is 24.9. The van der Waals surface area contributed by atoms with Crippen LogP contribution in [0.4, 0.5) is 14.5 Å². The first-order valence-corrected chi connectivity index (χ1v) is 11.6. The highest BCUT2D eigenvalue weighted by molar-refractivity contribution is 7.92. The number of anilines is 1. The van der Waals surface area contributed by atoms with Gasteiger partial charge in [0.05, 0.1) is 23.7 Å². The summed E-state index contributed by atoms with van der Waals surface area (Å²) < 4.78 is 61.8. The number of hydrogen-bond donors (Lipinski definition) is 1. The maximum absolute atomic E-state index is 13.1. The average molecular weight is 491 g/mol. The molecule has 0 bridgehead atoms. The van der Waals surface area contributed by atoms with Gasteiger partial charge in [-0.05, 0) is 67.1 Å². The van der Waals surface area contributed by atoms with Gasteiger partial charge in [-0.1, -0.05) is 18.2 Å². The first kappa shape index (κ1) is 25.0. The first-order valence-electron chi connectivity index (χ1n) is 10.2. The second-order valence-corrected chi connectivity index (χ2v) is 9.31. The predicted octanol–water partition coefficient (Wildman–Crippen LogP) is 4.61. The molecule has 10 heteroatoms. The average Bonchev–Trinajstić information content (AvgIpc) is 2.83. The maximum atomic E-state index is 13.1. The SMILES string of the molecule is COc1ccc(N(C)S(=O)(=O)c2cccc(C(=O)NC(C)c3cccc(OC(F)F)c3)c2)cc1. The van der Waals surface area contributed by atoms with Gasteiger partial charge in [0.2, 0.25) is 0 Å². The van der Waals surface area contributed by atoms with Gasteiger partial charge in [0.25, 0.3) is 15.9 Å². The Hall–Kier alpha value is -3.66. The Labute approximate surface area is 197 Å². The Balaban J connectivity index is 1.78. The molecule has 3 rings (SSSR count). The number of carbonyl (C=O) groups is 1. The van der Waals surface area contributed by atoms with E-state index in [1.165, 1.54) is 56.6 Å². The largest absolute Gasteiger partial charge is 0.497 e. The Kier molecular flexibility index (Phi) is 7.72. The number of methoxy groups -OCH3 is 1. The Morgan fingerprint density at radius 1 is 0.971 bits per heavy atom. The summed E-state index contributed by atoms with van der Waals surface area (Å²) in [6, 6.07) is 17.6. The van der Waals surface area contributed by atoms with Crippen molar-refractivity contribution in [3.63, 3.8) is 0 Å². The predicted molar refractivity (Wildman–Crippen MR) is 124 cm³/mol. The first-order chi connectivity index (χ1) is 16.1.